The number of ether oxygens (including phenoxy) is 2. The number of methoxy groups -OCH3 is 2. The third-order valence-electron chi connectivity index (χ3n) is 4.81. The number of imide groups is 1. The van der Waals surface area contributed by atoms with Crippen LogP contribution in [0.5, 0.6) is 11.5 Å². The lowest BCUT2D eigenvalue weighted by Gasteiger charge is -2.21. The van der Waals surface area contributed by atoms with Gasteiger partial charge in [0.2, 0.25) is 5.91 Å². The molecule has 8 heteroatoms. The highest BCUT2D eigenvalue weighted by molar-refractivity contribution is 6.09. The summed E-state index contributed by atoms with van der Waals surface area (Å²) in [7, 11) is 3.02. The fraction of sp³-hybridized carbons (Fsp3) is 0.550. The Balaban J connectivity index is 2.00. The summed E-state index contributed by atoms with van der Waals surface area (Å²) >= 11 is 0. The van der Waals surface area contributed by atoms with E-state index in [1.165, 1.54) is 14.2 Å². The third-order valence-corrected chi connectivity index (χ3v) is 4.81. The number of amides is 4. The van der Waals surface area contributed by atoms with E-state index < -0.39 is 17.5 Å². The molecule has 1 aliphatic rings. The first-order valence-electron chi connectivity index (χ1n) is 9.50. The lowest BCUT2D eigenvalue weighted by atomic mass is 9.94. The zero-order valence-corrected chi connectivity index (χ0v) is 17.0. The van der Waals surface area contributed by atoms with Gasteiger partial charge in [0.25, 0.3) is 5.91 Å². The van der Waals surface area contributed by atoms with Crippen molar-refractivity contribution in [1.82, 2.24) is 10.2 Å². The summed E-state index contributed by atoms with van der Waals surface area (Å²) in [5.74, 6) is 0.190. The fourth-order valence-corrected chi connectivity index (χ4v) is 3.19. The van der Waals surface area contributed by atoms with Gasteiger partial charge in [0.05, 0.1) is 14.2 Å². The Bertz CT molecular complexity index is 714. The maximum Gasteiger partial charge on any atom is 0.325 e. The molecule has 8 nitrogen and oxygen atoms in total. The molecule has 2 N–H and O–H groups in total. The number of unbranched alkanes of at least 4 members (excludes halogenated alkanes) is 3. The highest BCUT2D eigenvalue weighted by atomic mass is 16.5. The molecule has 2 rings (SSSR count). The molecular weight excluding hydrogens is 362 g/mol. The van der Waals surface area contributed by atoms with Crippen molar-refractivity contribution in [3.8, 4) is 11.5 Å². The molecule has 1 atom stereocenters. The van der Waals surface area contributed by atoms with E-state index in [4.69, 9.17) is 9.47 Å². The molecule has 1 unspecified atom stereocenters. The number of benzene rings is 1. The van der Waals surface area contributed by atoms with Crippen LogP contribution in [0.1, 0.15) is 46.0 Å². The number of nitrogens with one attached hydrogen (secondary N) is 2. The Morgan fingerprint density at radius 2 is 1.75 bits per heavy atom. The zero-order chi connectivity index (χ0) is 20.7. The standard InChI is InChI=1S/C20H29N3O5/c1-5-6-7-8-9-20(2)18(25)23(19(26)22-20)13-17(24)21-14-10-15(27-3)12-16(11-14)28-4/h10-12H,5-9,13H2,1-4H3,(H,21,24)(H,22,26). The second-order valence-corrected chi connectivity index (χ2v) is 7.11. The Kier molecular flexibility index (Phi) is 7.25. The average Bonchev–Trinajstić information content (AvgIpc) is 2.88. The number of rotatable bonds is 10. The van der Waals surface area contributed by atoms with Gasteiger partial charge in [0.15, 0.2) is 0 Å². The summed E-state index contributed by atoms with van der Waals surface area (Å²) in [6, 6.07) is 4.40. The van der Waals surface area contributed by atoms with Gasteiger partial charge < -0.3 is 20.1 Å². The summed E-state index contributed by atoms with van der Waals surface area (Å²) in [5.41, 5.74) is -0.500. The van der Waals surface area contributed by atoms with E-state index in [1.54, 1.807) is 25.1 Å². The quantitative estimate of drug-likeness (QED) is 0.472. The minimum absolute atomic E-state index is 0.352. The largest absolute Gasteiger partial charge is 0.497 e. The van der Waals surface area contributed by atoms with Gasteiger partial charge in [-0.15, -0.1) is 0 Å². The van der Waals surface area contributed by atoms with Crippen LogP contribution in [-0.2, 0) is 9.59 Å². The average molecular weight is 391 g/mol. The third kappa shape index (κ3) is 5.15. The van der Waals surface area contributed by atoms with Gasteiger partial charge in [0, 0.05) is 23.9 Å². The van der Waals surface area contributed by atoms with Gasteiger partial charge in [-0.3, -0.25) is 14.5 Å². The minimum atomic E-state index is -0.954. The molecule has 154 valence electrons. The van der Waals surface area contributed by atoms with Crippen molar-refractivity contribution in [2.24, 2.45) is 0 Å². The number of carbonyl (C=O) groups excluding carboxylic acids is 3. The molecule has 0 saturated carbocycles. The van der Waals surface area contributed by atoms with Crippen LogP contribution in [0.2, 0.25) is 0 Å². The Hall–Kier alpha value is -2.77. The van der Waals surface area contributed by atoms with Crippen molar-refractivity contribution >= 4 is 23.5 Å². The number of anilines is 1. The second-order valence-electron chi connectivity index (χ2n) is 7.11. The van der Waals surface area contributed by atoms with Gasteiger partial charge in [-0.2, -0.15) is 0 Å². The van der Waals surface area contributed by atoms with Crippen molar-refractivity contribution in [2.45, 2.75) is 51.5 Å². The SMILES string of the molecule is CCCCCCC1(C)NC(=O)N(CC(=O)Nc2cc(OC)cc(OC)c2)C1=O. The maximum atomic E-state index is 12.7. The van der Waals surface area contributed by atoms with E-state index in [-0.39, 0.29) is 12.5 Å². The van der Waals surface area contributed by atoms with Crippen LogP contribution >= 0.6 is 0 Å². The molecule has 0 aromatic heterocycles. The number of hydrogen-bond acceptors (Lipinski definition) is 5. The van der Waals surface area contributed by atoms with Crippen LogP contribution < -0.4 is 20.1 Å². The van der Waals surface area contributed by atoms with Crippen molar-refractivity contribution < 1.29 is 23.9 Å². The lowest BCUT2D eigenvalue weighted by Crippen LogP contribution is -2.44. The smallest absolute Gasteiger partial charge is 0.325 e. The fourth-order valence-electron chi connectivity index (χ4n) is 3.19. The molecule has 0 aliphatic carbocycles. The van der Waals surface area contributed by atoms with Gasteiger partial charge in [0.1, 0.15) is 23.6 Å². The molecule has 0 bridgehead atoms. The van der Waals surface area contributed by atoms with Crippen LogP contribution in [0.15, 0.2) is 18.2 Å². The Labute approximate surface area is 165 Å². The van der Waals surface area contributed by atoms with Crippen LogP contribution in [0.3, 0.4) is 0 Å². The van der Waals surface area contributed by atoms with Crippen LogP contribution in [0.25, 0.3) is 0 Å². The molecule has 1 fully saturated rings. The topological polar surface area (TPSA) is 97.0 Å². The number of carbonyl (C=O) groups is 3. The van der Waals surface area contributed by atoms with Crippen LogP contribution in [0.4, 0.5) is 10.5 Å². The molecule has 1 aromatic carbocycles. The van der Waals surface area contributed by atoms with Crippen LogP contribution in [0, 0.1) is 0 Å². The summed E-state index contributed by atoms with van der Waals surface area (Å²) < 4.78 is 10.3. The lowest BCUT2D eigenvalue weighted by molar-refractivity contribution is -0.133. The Morgan fingerprint density at radius 3 is 2.32 bits per heavy atom. The van der Waals surface area contributed by atoms with Crippen molar-refractivity contribution in [3.63, 3.8) is 0 Å². The first-order valence-corrected chi connectivity index (χ1v) is 9.50. The van der Waals surface area contributed by atoms with E-state index in [0.717, 1.165) is 30.6 Å². The summed E-state index contributed by atoms with van der Waals surface area (Å²) in [6.45, 7) is 3.47. The highest BCUT2D eigenvalue weighted by Crippen LogP contribution is 2.27. The molecular formula is C20H29N3O5. The minimum Gasteiger partial charge on any atom is -0.497 e. The first-order chi connectivity index (χ1) is 13.3. The summed E-state index contributed by atoms with van der Waals surface area (Å²) in [6.07, 6.45) is 4.60. The van der Waals surface area contributed by atoms with Gasteiger partial charge in [-0.1, -0.05) is 32.6 Å². The van der Waals surface area contributed by atoms with E-state index in [0.29, 0.717) is 23.6 Å². The molecule has 0 radical (unpaired) electrons. The molecule has 1 heterocycles. The van der Waals surface area contributed by atoms with Crippen LogP contribution in [-0.4, -0.2) is 49.0 Å². The van der Waals surface area contributed by atoms with Gasteiger partial charge in [-0.05, 0) is 13.3 Å². The Morgan fingerprint density at radius 1 is 1.11 bits per heavy atom. The van der Waals surface area contributed by atoms with Crippen molar-refractivity contribution in [1.29, 1.82) is 0 Å². The monoisotopic (exact) mass is 391 g/mol. The van der Waals surface area contributed by atoms with E-state index >= 15 is 0 Å². The number of urea groups is 1. The molecule has 1 aromatic rings. The molecule has 1 saturated heterocycles. The molecule has 4 amide bonds. The maximum absolute atomic E-state index is 12.7. The predicted molar refractivity (Wildman–Crippen MR) is 106 cm³/mol. The highest BCUT2D eigenvalue weighted by Gasteiger charge is 2.47. The molecule has 28 heavy (non-hydrogen) atoms. The molecule has 1 aliphatic heterocycles. The van der Waals surface area contributed by atoms with E-state index in [1.807, 2.05) is 0 Å². The first kappa shape index (κ1) is 21.5. The second kappa shape index (κ2) is 9.43. The van der Waals surface area contributed by atoms with E-state index in [2.05, 4.69) is 17.6 Å². The number of hydrogen-bond donors (Lipinski definition) is 2. The normalized spacial score (nSPS) is 18.8. The van der Waals surface area contributed by atoms with Crippen molar-refractivity contribution in [3.05, 3.63) is 18.2 Å². The van der Waals surface area contributed by atoms with Crippen molar-refractivity contribution in [2.75, 3.05) is 26.1 Å². The predicted octanol–water partition coefficient (Wildman–Crippen LogP) is 2.92. The molecule has 0 spiro atoms. The number of nitrogens with zero attached hydrogens (tertiary/aromatic N) is 1. The zero-order valence-electron chi connectivity index (χ0n) is 17.0. The summed E-state index contributed by atoms with van der Waals surface area (Å²) in [5, 5.41) is 5.40. The van der Waals surface area contributed by atoms with E-state index in [9.17, 15) is 14.4 Å². The van der Waals surface area contributed by atoms with Gasteiger partial charge >= 0.3 is 6.03 Å². The van der Waals surface area contributed by atoms with Gasteiger partial charge in [-0.25, -0.2) is 4.79 Å². The summed E-state index contributed by atoms with van der Waals surface area (Å²) in [4.78, 5) is 38.3.